The highest BCUT2D eigenvalue weighted by Gasteiger charge is 2.18. The molecule has 0 unspecified atom stereocenters. The molecule has 0 spiro atoms. The molecule has 0 saturated heterocycles. The quantitative estimate of drug-likeness (QED) is 0.726. The van der Waals surface area contributed by atoms with Gasteiger partial charge in [0.2, 0.25) is 0 Å². The first-order chi connectivity index (χ1) is 8.24. The second kappa shape index (κ2) is 3.84. The molecule has 0 N–H and O–H groups in total. The Hall–Kier alpha value is -1.90. The van der Waals surface area contributed by atoms with Gasteiger partial charge in [0.15, 0.2) is 11.6 Å². The zero-order valence-electron chi connectivity index (χ0n) is 8.91. The van der Waals surface area contributed by atoms with E-state index in [4.69, 9.17) is 4.74 Å². The molecule has 0 amide bonds. The molecule has 3 heteroatoms. The molecule has 3 rings (SSSR count). The summed E-state index contributed by atoms with van der Waals surface area (Å²) in [6, 6.07) is 9.28. The number of hydrogen-bond donors (Lipinski definition) is 0. The van der Waals surface area contributed by atoms with Gasteiger partial charge in [-0.2, -0.15) is 0 Å². The van der Waals surface area contributed by atoms with Gasteiger partial charge in [-0.05, 0) is 35.4 Å². The Morgan fingerprint density at radius 1 is 0.941 bits per heavy atom. The highest BCUT2D eigenvalue weighted by molar-refractivity contribution is 5.66. The molecule has 0 aliphatic carbocycles. The Balaban J connectivity index is 2.10. The van der Waals surface area contributed by atoms with Crippen LogP contribution in [0.3, 0.4) is 0 Å². The normalized spacial score (nSPS) is 13.3. The van der Waals surface area contributed by atoms with Gasteiger partial charge >= 0.3 is 0 Å². The summed E-state index contributed by atoms with van der Waals surface area (Å²) in [5.74, 6) is -0.376. The number of hydrogen-bond acceptors (Lipinski definition) is 1. The molecule has 0 fully saturated rings. The van der Waals surface area contributed by atoms with Crippen molar-refractivity contribution in [3.8, 4) is 16.9 Å². The lowest BCUT2D eigenvalue weighted by molar-refractivity contribution is 0.407. The fourth-order valence-electron chi connectivity index (χ4n) is 1.96. The second-order valence-corrected chi connectivity index (χ2v) is 3.94. The van der Waals surface area contributed by atoms with Crippen molar-refractivity contribution < 1.29 is 13.5 Å². The van der Waals surface area contributed by atoms with E-state index in [1.807, 2.05) is 6.07 Å². The average molecular weight is 231 g/mol. The van der Waals surface area contributed by atoms with Crippen LogP contribution >= 0.6 is 0 Å². The topological polar surface area (TPSA) is 9.23 Å². The molecule has 85 valence electrons. The van der Waals surface area contributed by atoms with Gasteiger partial charge < -0.3 is 4.74 Å². The van der Waals surface area contributed by atoms with E-state index < -0.39 is 0 Å². The zero-order chi connectivity index (χ0) is 11.8. The van der Waals surface area contributed by atoms with Gasteiger partial charge in [0.25, 0.3) is 0 Å². The number of fused-ring (bicyclic) bond motifs is 1. The largest absolute Gasteiger partial charge is 0.483 e. The minimum Gasteiger partial charge on any atom is -0.483 e. The molecule has 0 bridgehead atoms. The van der Waals surface area contributed by atoms with E-state index in [-0.39, 0.29) is 11.6 Å². The van der Waals surface area contributed by atoms with Crippen LogP contribution in [0.5, 0.6) is 5.75 Å². The van der Waals surface area contributed by atoms with Gasteiger partial charge in [0.1, 0.15) is 12.4 Å². The third-order valence-electron chi connectivity index (χ3n) is 2.80. The van der Waals surface area contributed by atoms with Crippen molar-refractivity contribution in [2.45, 2.75) is 6.42 Å². The first-order valence-electron chi connectivity index (χ1n) is 5.31. The van der Waals surface area contributed by atoms with E-state index in [0.717, 1.165) is 16.7 Å². The summed E-state index contributed by atoms with van der Waals surface area (Å²) >= 11 is 0. The molecule has 1 aliphatic rings. The fraction of sp³-hybridized carbons (Fsp3) is 0.0714. The van der Waals surface area contributed by atoms with E-state index in [2.05, 4.69) is 0 Å². The fourth-order valence-corrected chi connectivity index (χ4v) is 1.96. The third-order valence-corrected chi connectivity index (χ3v) is 2.80. The van der Waals surface area contributed by atoms with Crippen LogP contribution in [0.15, 0.2) is 36.4 Å². The van der Waals surface area contributed by atoms with Gasteiger partial charge in [-0.3, -0.25) is 0 Å². The predicted molar refractivity (Wildman–Crippen MR) is 60.4 cm³/mol. The van der Waals surface area contributed by atoms with Crippen LogP contribution in [-0.2, 0) is 6.42 Å². The molecule has 0 aromatic heterocycles. The number of benzene rings is 2. The molecular formula is C14H9F2O. The maximum absolute atomic E-state index is 13.7. The van der Waals surface area contributed by atoms with E-state index in [1.165, 1.54) is 18.2 Å². The Labute approximate surface area is 97.7 Å². The van der Waals surface area contributed by atoms with Gasteiger partial charge in [0, 0.05) is 12.0 Å². The van der Waals surface area contributed by atoms with Crippen molar-refractivity contribution in [2.75, 3.05) is 0 Å². The second-order valence-electron chi connectivity index (χ2n) is 3.94. The zero-order valence-corrected chi connectivity index (χ0v) is 8.91. The van der Waals surface area contributed by atoms with E-state index >= 15 is 0 Å². The molecule has 1 heterocycles. The molecule has 17 heavy (non-hydrogen) atoms. The number of halogens is 2. The summed E-state index contributed by atoms with van der Waals surface area (Å²) in [7, 11) is 0. The summed E-state index contributed by atoms with van der Waals surface area (Å²) in [5, 5.41) is 0. The Bertz CT molecular complexity index is 561. The summed E-state index contributed by atoms with van der Waals surface area (Å²) in [6.07, 6.45) is 0.599. The van der Waals surface area contributed by atoms with Crippen LogP contribution in [0.4, 0.5) is 8.78 Å². The predicted octanol–water partition coefficient (Wildman–Crippen LogP) is 3.73. The minimum atomic E-state index is -0.379. The van der Waals surface area contributed by atoms with E-state index in [1.54, 1.807) is 18.7 Å². The minimum absolute atomic E-state index is 0.299. The molecule has 1 aliphatic heterocycles. The van der Waals surface area contributed by atoms with Crippen LogP contribution in [0.1, 0.15) is 5.56 Å². The Kier molecular flexibility index (Phi) is 2.32. The summed E-state index contributed by atoms with van der Waals surface area (Å²) in [5.41, 5.74) is 2.35. The summed E-state index contributed by atoms with van der Waals surface area (Å²) in [6.45, 7) is 1.57. The maximum Gasteiger partial charge on any atom is 0.165 e. The molecule has 1 nitrogen and oxygen atoms in total. The SMILES string of the molecule is Fc1ccc(-c2cc(F)c3c(c2)C[CH]O3)cc1. The Morgan fingerprint density at radius 2 is 1.71 bits per heavy atom. The van der Waals surface area contributed by atoms with Crippen LogP contribution in [-0.4, -0.2) is 0 Å². The van der Waals surface area contributed by atoms with Gasteiger partial charge in [-0.1, -0.05) is 12.1 Å². The lowest BCUT2D eigenvalue weighted by atomic mass is 10.0. The summed E-state index contributed by atoms with van der Waals surface area (Å²) in [4.78, 5) is 0. The monoisotopic (exact) mass is 231 g/mol. The van der Waals surface area contributed by atoms with Crippen molar-refractivity contribution in [1.82, 2.24) is 0 Å². The molecule has 2 aromatic carbocycles. The van der Waals surface area contributed by atoms with Crippen LogP contribution in [0.2, 0.25) is 0 Å². The van der Waals surface area contributed by atoms with Crippen LogP contribution in [0, 0.1) is 18.2 Å². The number of ether oxygens (including phenoxy) is 1. The molecule has 2 aromatic rings. The van der Waals surface area contributed by atoms with Gasteiger partial charge in [-0.15, -0.1) is 0 Å². The van der Waals surface area contributed by atoms with E-state index in [0.29, 0.717) is 12.2 Å². The van der Waals surface area contributed by atoms with Crippen molar-refractivity contribution in [1.29, 1.82) is 0 Å². The van der Waals surface area contributed by atoms with Crippen LogP contribution in [0.25, 0.3) is 11.1 Å². The smallest absolute Gasteiger partial charge is 0.165 e. The van der Waals surface area contributed by atoms with Gasteiger partial charge in [0.05, 0.1) is 0 Å². The first kappa shape index (κ1) is 10.3. The molecule has 0 saturated carbocycles. The van der Waals surface area contributed by atoms with Crippen molar-refractivity contribution >= 4 is 0 Å². The standard InChI is InChI=1S/C14H9F2O/c15-12-3-1-9(2-4-12)11-7-10-5-6-17-14(10)13(16)8-11/h1-4,6-8H,5H2. The van der Waals surface area contributed by atoms with Crippen molar-refractivity contribution in [3.63, 3.8) is 0 Å². The summed E-state index contributed by atoms with van der Waals surface area (Å²) < 4.78 is 31.6. The first-order valence-corrected chi connectivity index (χ1v) is 5.31. The maximum atomic E-state index is 13.7. The Morgan fingerprint density at radius 3 is 2.47 bits per heavy atom. The number of rotatable bonds is 1. The molecular weight excluding hydrogens is 222 g/mol. The van der Waals surface area contributed by atoms with Gasteiger partial charge in [-0.25, -0.2) is 8.78 Å². The highest BCUT2D eigenvalue weighted by Crippen LogP contribution is 2.34. The van der Waals surface area contributed by atoms with E-state index in [9.17, 15) is 8.78 Å². The van der Waals surface area contributed by atoms with Crippen molar-refractivity contribution in [3.05, 3.63) is 60.2 Å². The molecule has 0 atom stereocenters. The lowest BCUT2D eigenvalue weighted by Crippen LogP contribution is -1.87. The lowest BCUT2D eigenvalue weighted by Gasteiger charge is -2.06. The highest BCUT2D eigenvalue weighted by atomic mass is 19.1. The average Bonchev–Trinajstić information content (AvgIpc) is 2.78. The van der Waals surface area contributed by atoms with Crippen molar-refractivity contribution in [2.24, 2.45) is 0 Å². The van der Waals surface area contributed by atoms with Crippen LogP contribution < -0.4 is 4.74 Å². The molecule has 1 radical (unpaired) electrons. The third kappa shape index (κ3) is 1.78.